The van der Waals surface area contributed by atoms with Crippen LogP contribution in [0.1, 0.15) is 24.4 Å². The number of benzene rings is 2. The van der Waals surface area contributed by atoms with Crippen molar-refractivity contribution in [1.29, 1.82) is 0 Å². The molecule has 4 heterocycles. The molecule has 0 unspecified atom stereocenters. The maximum atomic E-state index is 11.7. The van der Waals surface area contributed by atoms with E-state index in [-0.39, 0.29) is 6.03 Å². The second-order valence-electron chi connectivity index (χ2n) is 10.2. The number of nitrogens with one attached hydrogen (secondary N) is 2. The number of likely N-dealkylation sites (tertiary alicyclic amines) is 1. The number of fused-ring (bicyclic) bond motifs is 1. The van der Waals surface area contributed by atoms with E-state index in [0.29, 0.717) is 19.3 Å². The summed E-state index contributed by atoms with van der Waals surface area (Å²) >= 11 is 0. The van der Waals surface area contributed by atoms with E-state index in [1.807, 2.05) is 30.5 Å². The predicted molar refractivity (Wildman–Crippen MR) is 154 cm³/mol. The van der Waals surface area contributed by atoms with Crippen LogP contribution >= 0.6 is 0 Å². The van der Waals surface area contributed by atoms with Gasteiger partial charge in [0.25, 0.3) is 0 Å². The van der Waals surface area contributed by atoms with Gasteiger partial charge in [-0.15, -0.1) is 0 Å². The van der Waals surface area contributed by atoms with Gasteiger partial charge in [0.1, 0.15) is 0 Å². The van der Waals surface area contributed by atoms with Crippen molar-refractivity contribution in [2.75, 3.05) is 56.7 Å². The van der Waals surface area contributed by atoms with E-state index in [4.69, 9.17) is 14.8 Å². The fraction of sp³-hybridized carbons (Fsp3) is 0.367. The fourth-order valence-corrected chi connectivity index (χ4v) is 5.56. The molecule has 0 radical (unpaired) electrons. The van der Waals surface area contributed by atoms with Crippen molar-refractivity contribution in [3.05, 3.63) is 72.4 Å². The Morgan fingerprint density at radius 3 is 2.46 bits per heavy atom. The predicted octanol–water partition coefficient (Wildman–Crippen LogP) is 4.52. The smallest absolute Gasteiger partial charge is 0.318 e. The van der Waals surface area contributed by atoms with Crippen LogP contribution in [-0.4, -0.2) is 72.1 Å². The molecule has 4 aromatic rings. The first-order valence-electron chi connectivity index (χ1n) is 13.7. The fourth-order valence-electron chi connectivity index (χ4n) is 5.56. The summed E-state index contributed by atoms with van der Waals surface area (Å²) in [6.45, 7) is 6.18. The van der Waals surface area contributed by atoms with Crippen LogP contribution in [0.4, 0.5) is 16.2 Å². The second kappa shape index (κ2) is 11.4. The largest absolute Gasteiger partial charge is 0.378 e. The van der Waals surface area contributed by atoms with E-state index in [0.717, 1.165) is 79.2 Å². The minimum Gasteiger partial charge on any atom is -0.378 e. The third-order valence-electron chi connectivity index (χ3n) is 7.71. The molecule has 0 bridgehead atoms. The number of rotatable bonds is 6. The summed E-state index contributed by atoms with van der Waals surface area (Å²) in [6, 6.07) is 20.8. The molecule has 0 aliphatic carbocycles. The number of aromatic nitrogens is 3. The summed E-state index contributed by atoms with van der Waals surface area (Å²) in [5.41, 5.74) is 6.08. The number of hydrogen-bond donors (Lipinski definition) is 2. The van der Waals surface area contributed by atoms with Gasteiger partial charge in [-0.1, -0.05) is 42.5 Å². The van der Waals surface area contributed by atoms with Gasteiger partial charge in [-0.25, -0.2) is 14.5 Å². The first-order chi connectivity index (χ1) is 19.2. The number of piperidine rings is 1. The number of amides is 2. The average Bonchev–Trinajstić information content (AvgIpc) is 3.42. The van der Waals surface area contributed by atoms with Gasteiger partial charge in [0.15, 0.2) is 5.65 Å². The molecular weight excluding hydrogens is 490 g/mol. The first-order valence-corrected chi connectivity index (χ1v) is 13.7. The number of morpholine rings is 1. The number of ether oxygens (including phenoxy) is 1. The number of carbonyl (C=O) groups is 1. The van der Waals surface area contributed by atoms with Gasteiger partial charge in [-0.2, -0.15) is 5.10 Å². The van der Waals surface area contributed by atoms with E-state index in [1.165, 1.54) is 5.56 Å². The molecule has 2 saturated heterocycles. The molecular formula is C30H35N7O2. The average molecular weight is 526 g/mol. The Kier molecular flexibility index (Phi) is 7.42. The highest BCUT2D eigenvalue weighted by atomic mass is 16.5. The minimum atomic E-state index is -0.240. The van der Waals surface area contributed by atoms with Gasteiger partial charge in [-0.3, -0.25) is 4.90 Å². The highest BCUT2D eigenvalue weighted by molar-refractivity contribution is 5.93. The van der Waals surface area contributed by atoms with Crippen molar-refractivity contribution in [3.63, 3.8) is 0 Å². The van der Waals surface area contributed by atoms with Crippen LogP contribution in [0.2, 0.25) is 0 Å². The van der Waals surface area contributed by atoms with Crippen LogP contribution in [0.25, 0.3) is 22.3 Å². The molecule has 6 rings (SSSR count). The molecule has 0 saturated carbocycles. The lowest BCUT2D eigenvalue weighted by atomic mass is 10.0. The molecule has 2 aromatic carbocycles. The summed E-state index contributed by atoms with van der Waals surface area (Å²) in [6.07, 6.45) is 4.08. The lowest BCUT2D eigenvalue weighted by Crippen LogP contribution is -2.36. The van der Waals surface area contributed by atoms with Crippen LogP contribution in [0.5, 0.6) is 0 Å². The maximum absolute atomic E-state index is 11.7. The first kappa shape index (κ1) is 25.3. The Labute approximate surface area is 228 Å². The maximum Gasteiger partial charge on any atom is 0.318 e. The van der Waals surface area contributed by atoms with Crippen LogP contribution in [0.3, 0.4) is 0 Å². The molecule has 2 aliphatic rings. The highest BCUT2D eigenvalue weighted by Crippen LogP contribution is 2.34. The minimum absolute atomic E-state index is 0.240. The van der Waals surface area contributed by atoms with E-state index in [1.54, 1.807) is 7.05 Å². The Morgan fingerprint density at radius 2 is 1.74 bits per heavy atom. The monoisotopic (exact) mass is 525 g/mol. The molecule has 2 aromatic heterocycles. The second-order valence-corrected chi connectivity index (χ2v) is 10.2. The zero-order valence-corrected chi connectivity index (χ0v) is 22.3. The molecule has 2 N–H and O–H groups in total. The van der Waals surface area contributed by atoms with Crippen LogP contribution in [-0.2, 0) is 11.3 Å². The Balaban J connectivity index is 1.29. The van der Waals surface area contributed by atoms with Crippen molar-refractivity contribution < 1.29 is 9.53 Å². The third kappa shape index (κ3) is 5.60. The number of nitrogens with zero attached hydrogens (tertiary/aromatic N) is 5. The van der Waals surface area contributed by atoms with Crippen LogP contribution in [0.15, 0.2) is 66.9 Å². The molecule has 9 heteroatoms. The summed E-state index contributed by atoms with van der Waals surface area (Å²) in [4.78, 5) is 21.8. The summed E-state index contributed by atoms with van der Waals surface area (Å²) in [5, 5.41) is 11.4. The number of hydrogen-bond acceptors (Lipinski definition) is 6. The summed E-state index contributed by atoms with van der Waals surface area (Å²) < 4.78 is 7.79. The van der Waals surface area contributed by atoms with E-state index < -0.39 is 0 Å². The number of pyridine rings is 1. The van der Waals surface area contributed by atoms with Crippen LogP contribution in [0, 0.1) is 0 Å². The molecule has 0 spiro atoms. The highest BCUT2D eigenvalue weighted by Gasteiger charge is 2.25. The Bertz CT molecular complexity index is 1410. The zero-order chi connectivity index (χ0) is 26.6. The quantitative estimate of drug-likeness (QED) is 0.385. The van der Waals surface area contributed by atoms with Crippen molar-refractivity contribution >= 4 is 28.4 Å². The number of carbonyl (C=O) groups excluding carboxylic acids is 1. The van der Waals surface area contributed by atoms with Gasteiger partial charge in [0, 0.05) is 51.0 Å². The summed E-state index contributed by atoms with van der Waals surface area (Å²) in [5.74, 6) is 0. The normalized spacial score (nSPS) is 16.9. The van der Waals surface area contributed by atoms with Crippen molar-refractivity contribution in [2.24, 2.45) is 0 Å². The zero-order valence-electron chi connectivity index (χ0n) is 22.3. The Morgan fingerprint density at radius 1 is 1.00 bits per heavy atom. The van der Waals surface area contributed by atoms with Crippen molar-refractivity contribution in [2.45, 2.75) is 25.4 Å². The molecule has 2 amide bonds. The van der Waals surface area contributed by atoms with Crippen LogP contribution < -0.4 is 15.5 Å². The van der Waals surface area contributed by atoms with E-state index >= 15 is 0 Å². The SMILES string of the molecule is CNC(=O)Nc1ccc(-c2cc(N3CCOCC3)c3cnn(C4CCN(Cc5ccccc5)CC4)c3n2)cc1. The number of anilines is 2. The van der Waals surface area contributed by atoms with Gasteiger partial charge in [0.2, 0.25) is 0 Å². The third-order valence-corrected chi connectivity index (χ3v) is 7.71. The topological polar surface area (TPSA) is 87.6 Å². The van der Waals surface area contributed by atoms with E-state index in [9.17, 15) is 4.79 Å². The van der Waals surface area contributed by atoms with Gasteiger partial charge in [-0.05, 0) is 36.6 Å². The van der Waals surface area contributed by atoms with Gasteiger partial charge in [0.05, 0.1) is 42.2 Å². The molecule has 2 aliphatic heterocycles. The molecule has 39 heavy (non-hydrogen) atoms. The molecule has 2 fully saturated rings. The number of urea groups is 1. The van der Waals surface area contributed by atoms with Gasteiger partial charge >= 0.3 is 6.03 Å². The van der Waals surface area contributed by atoms with Crippen molar-refractivity contribution in [1.82, 2.24) is 25.0 Å². The molecule has 0 atom stereocenters. The lowest BCUT2D eigenvalue weighted by Gasteiger charge is -2.32. The van der Waals surface area contributed by atoms with E-state index in [2.05, 4.69) is 61.5 Å². The summed E-state index contributed by atoms with van der Waals surface area (Å²) in [7, 11) is 1.60. The lowest BCUT2D eigenvalue weighted by molar-refractivity contribution is 0.123. The van der Waals surface area contributed by atoms with Gasteiger partial charge < -0.3 is 20.3 Å². The standard InChI is InChI=1S/C30H35N7O2/c1-31-30(38)33-24-9-7-23(8-10-24)27-19-28(36-15-17-39-18-16-36)26-20-32-37(29(26)34-27)25-11-13-35(14-12-25)21-22-5-3-2-4-6-22/h2-10,19-20,25H,11-18,21H2,1H3,(H2,31,33,38). The Hall–Kier alpha value is -3.95. The molecule has 202 valence electrons. The molecule has 9 nitrogen and oxygen atoms in total. The van der Waals surface area contributed by atoms with Crippen molar-refractivity contribution in [3.8, 4) is 11.3 Å².